The van der Waals surface area contributed by atoms with Crippen molar-refractivity contribution >= 4 is 11.8 Å². The molecule has 1 saturated heterocycles. The molecule has 1 N–H and O–H groups in total. The Labute approximate surface area is 194 Å². The number of aromatic nitrogens is 1. The largest absolute Gasteiger partial charge is 0.355 e. The van der Waals surface area contributed by atoms with Crippen molar-refractivity contribution in [2.24, 2.45) is 0 Å². The summed E-state index contributed by atoms with van der Waals surface area (Å²) in [5, 5.41) is 6.90. The van der Waals surface area contributed by atoms with E-state index in [0.29, 0.717) is 25.3 Å². The van der Waals surface area contributed by atoms with Gasteiger partial charge in [0.1, 0.15) is 6.04 Å². The molecule has 0 radical (unpaired) electrons. The molecule has 0 spiro atoms. The molecular formula is C26H30N4O3. The van der Waals surface area contributed by atoms with Crippen LogP contribution in [0.25, 0.3) is 11.3 Å². The molecule has 1 atom stereocenters. The smallest absolute Gasteiger partial charge is 0.274 e. The third-order valence-electron chi connectivity index (χ3n) is 6.10. The number of hydrogen-bond donors (Lipinski definition) is 1. The maximum atomic E-state index is 13.3. The van der Waals surface area contributed by atoms with Crippen LogP contribution in [-0.2, 0) is 11.2 Å². The van der Waals surface area contributed by atoms with Gasteiger partial charge in [0.25, 0.3) is 5.91 Å². The van der Waals surface area contributed by atoms with E-state index < -0.39 is 11.9 Å². The van der Waals surface area contributed by atoms with E-state index in [-0.39, 0.29) is 11.6 Å². The lowest BCUT2D eigenvalue weighted by Gasteiger charge is -2.34. The topological polar surface area (TPSA) is 78.7 Å². The van der Waals surface area contributed by atoms with Crippen molar-refractivity contribution in [3.8, 4) is 11.3 Å². The predicted molar refractivity (Wildman–Crippen MR) is 127 cm³/mol. The summed E-state index contributed by atoms with van der Waals surface area (Å²) >= 11 is 0. The first kappa shape index (κ1) is 22.7. The minimum absolute atomic E-state index is 0.0708. The SMILES string of the molecule is Cc1ccc(C)c(-c2cc(C(=O)N[C@@H](Cc3ccccc3)C(=O)N3CCN(C)CC3)no2)c1. The van der Waals surface area contributed by atoms with Crippen molar-refractivity contribution in [1.82, 2.24) is 20.3 Å². The van der Waals surface area contributed by atoms with Crippen LogP contribution in [-0.4, -0.2) is 66.0 Å². The highest BCUT2D eigenvalue weighted by molar-refractivity contribution is 5.96. The molecule has 0 unspecified atom stereocenters. The maximum absolute atomic E-state index is 13.3. The van der Waals surface area contributed by atoms with Crippen LogP contribution in [0.4, 0.5) is 0 Å². The Kier molecular flexibility index (Phi) is 6.89. The zero-order valence-electron chi connectivity index (χ0n) is 19.4. The Hall–Kier alpha value is -3.45. The lowest BCUT2D eigenvalue weighted by Crippen LogP contribution is -2.55. The zero-order valence-corrected chi connectivity index (χ0v) is 19.4. The van der Waals surface area contributed by atoms with Gasteiger partial charge in [-0.2, -0.15) is 0 Å². The van der Waals surface area contributed by atoms with Crippen LogP contribution in [0.15, 0.2) is 59.1 Å². The van der Waals surface area contributed by atoms with Crippen LogP contribution in [0.1, 0.15) is 27.2 Å². The minimum Gasteiger partial charge on any atom is -0.355 e. The first-order valence-electron chi connectivity index (χ1n) is 11.3. The van der Waals surface area contributed by atoms with Crippen molar-refractivity contribution in [3.05, 3.63) is 77.0 Å². The third kappa shape index (κ3) is 5.49. The maximum Gasteiger partial charge on any atom is 0.274 e. The molecule has 0 bridgehead atoms. The zero-order chi connectivity index (χ0) is 23.4. The summed E-state index contributed by atoms with van der Waals surface area (Å²) in [6.45, 7) is 6.93. The lowest BCUT2D eigenvalue weighted by molar-refractivity contribution is -0.134. The van der Waals surface area contributed by atoms with Gasteiger partial charge in [0.05, 0.1) is 0 Å². The molecule has 1 aliphatic rings. The monoisotopic (exact) mass is 446 g/mol. The Balaban J connectivity index is 1.53. The van der Waals surface area contributed by atoms with Gasteiger partial charge in [0, 0.05) is 44.2 Å². The fourth-order valence-corrected chi connectivity index (χ4v) is 4.04. The molecule has 2 aromatic carbocycles. The van der Waals surface area contributed by atoms with Crippen molar-refractivity contribution in [1.29, 1.82) is 0 Å². The van der Waals surface area contributed by atoms with Gasteiger partial charge in [0.2, 0.25) is 5.91 Å². The number of piperazine rings is 1. The number of nitrogens with one attached hydrogen (secondary N) is 1. The second-order valence-corrected chi connectivity index (χ2v) is 8.74. The van der Waals surface area contributed by atoms with E-state index in [4.69, 9.17) is 4.52 Å². The molecule has 1 aromatic heterocycles. The molecule has 0 aliphatic carbocycles. The van der Waals surface area contributed by atoms with Gasteiger partial charge in [-0.1, -0.05) is 53.2 Å². The van der Waals surface area contributed by atoms with Gasteiger partial charge in [0.15, 0.2) is 11.5 Å². The van der Waals surface area contributed by atoms with Gasteiger partial charge in [-0.05, 0) is 38.1 Å². The first-order valence-corrected chi connectivity index (χ1v) is 11.3. The Morgan fingerprint density at radius 3 is 2.48 bits per heavy atom. The van der Waals surface area contributed by atoms with Crippen LogP contribution >= 0.6 is 0 Å². The molecule has 7 heteroatoms. The molecule has 2 heterocycles. The summed E-state index contributed by atoms with van der Waals surface area (Å²) in [5.41, 5.74) is 4.18. The molecule has 1 aliphatic heterocycles. The average Bonchev–Trinajstić information content (AvgIpc) is 3.31. The number of likely N-dealkylation sites (N-methyl/N-ethyl adjacent to an activating group) is 1. The highest BCUT2D eigenvalue weighted by atomic mass is 16.5. The Morgan fingerprint density at radius 1 is 1.03 bits per heavy atom. The number of hydrogen-bond acceptors (Lipinski definition) is 5. The van der Waals surface area contributed by atoms with Crippen LogP contribution in [0, 0.1) is 13.8 Å². The number of nitrogens with zero attached hydrogens (tertiary/aromatic N) is 3. The Morgan fingerprint density at radius 2 is 1.76 bits per heavy atom. The molecule has 2 amide bonds. The summed E-state index contributed by atoms with van der Waals surface area (Å²) in [7, 11) is 2.04. The molecule has 7 nitrogen and oxygen atoms in total. The highest BCUT2D eigenvalue weighted by Crippen LogP contribution is 2.25. The van der Waals surface area contributed by atoms with Crippen molar-refractivity contribution in [3.63, 3.8) is 0 Å². The number of carbonyl (C=O) groups is 2. The lowest BCUT2D eigenvalue weighted by atomic mass is 10.0. The normalized spacial score (nSPS) is 15.3. The molecule has 1 fully saturated rings. The number of benzene rings is 2. The summed E-state index contributed by atoms with van der Waals surface area (Å²) in [4.78, 5) is 30.4. The van der Waals surface area contributed by atoms with Crippen LogP contribution < -0.4 is 5.32 Å². The van der Waals surface area contributed by atoms with E-state index in [1.165, 1.54) is 0 Å². The van der Waals surface area contributed by atoms with Gasteiger partial charge < -0.3 is 19.6 Å². The van der Waals surface area contributed by atoms with E-state index in [2.05, 4.69) is 15.4 Å². The van der Waals surface area contributed by atoms with Crippen molar-refractivity contribution in [2.45, 2.75) is 26.3 Å². The first-order chi connectivity index (χ1) is 15.9. The predicted octanol–water partition coefficient (Wildman–Crippen LogP) is 3.07. The van der Waals surface area contributed by atoms with E-state index in [1.54, 1.807) is 6.07 Å². The molecular weight excluding hydrogens is 416 g/mol. The van der Waals surface area contributed by atoms with Gasteiger partial charge >= 0.3 is 0 Å². The van der Waals surface area contributed by atoms with Gasteiger partial charge in [-0.3, -0.25) is 9.59 Å². The summed E-state index contributed by atoms with van der Waals surface area (Å²) in [5.74, 6) is 0.0450. The molecule has 33 heavy (non-hydrogen) atoms. The van der Waals surface area contributed by atoms with E-state index in [1.807, 2.05) is 74.3 Å². The number of aryl methyl sites for hydroxylation is 2. The number of carbonyl (C=O) groups excluding carboxylic acids is 2. The van der Waals surface area contributed by atoms with Crippen molar-refractivity contribution in [2.75, 3.05) is 33.2 Å². The quantitative estimate of drug-likeness (QED) is 0.630. The van der Waals surface area contributed by atoms with Crippen LogP contribution in [0.2, 0.25) is 0 Å². The van der Waals surface area contributed by atoms with Crippen LogP contribution in [0.3, 0.4) is 0 Å². The van der Waals surface area contributed by atoms with Gasteiger partial charge in [-0.15, -0.1) is 0 Å². The van der Waals surface area contributed by atoms with E-state index >= 15 is 0 Å². The number of amides is 2. The Bertz CT molecular complexity index is 1120. The summed E-state index contributed by atoms with van der Waals surface area (Å²) in [6, 6.07) is 16.7. The standard InChI is InChI=1S/C26H30N4O3/c1-18-9-10-19(2)21(15-18)24-17-22(28-33-24)25(31)27-23(16-20-7-5-4-6-8-20)26(32)30-13-11-29(3)12-14-30/h4-10,15,17,23H,11-14,16H2,1-3H3,(H,27,31)/t23-/m0/s1. The number of rotatable bonds is 6. The van der Waals surface area contributed by atoms with Gasteiger partial charge in [-0.25, -0.2) is 0 Å². The minimum atomic E-state index is -0.677. The van der Waals surface area contributed by atoms with E-state index in [0.717, 1.165) is 35.3 Å². The summed E-state index contributed by atoms with van der Waals surface area (Å²) < 4.78 is 5.48. The van der Waals surface area contributed by atoms with E-state index in [9.17, 15) is 9.59 Å². The molecule has 3 aromatic rings. The molecule has 0 saturated carbocycles. The molecule has 172 valence electrons. The third-order valence-corrected chi connectivity index (χ3v) is 6.10. The van der Waals surface area contributed by atoms with Crippen LogP contribution in [0.5, 0.6) is 0 Å². The second-order valence-electron chi connectivity index (χ2n) is 8.74. The van der Waals surface area contributed by atoms with Crippen molar-refractivity contribution < 1.29 is 14.1 Å². The second kappa shape index (κ2) is 10.0. The highest BCUT2D eigenvalue weighted by Gasteiger charge is 2.29. The fraction of sp³-hybridized carbons (Fsp3) is 0.346. The summed E-state index contributed by atoms with van der Waals surface area (Å²) in [6.07, 6.45) is 0.416. The fourth-order valence-electron chi connectivity index (χ4n) is 4.04. The average molecular weight is 447 g/mol. The molecule has 4 rings (SSSR count).